The van der Waals surface area contributed by atoms with E-state index in [-0.39, 0.29) is 7.11 Å². The van der Waals surface area contributed by atoms with E-state index >= 15 is 0 Å². The van der Waals surface area contributed by atoms with Crippen molar-refractivity contribution in [3.8, 4) is 0 Å². The van der Waals surface area contributed by atoms with Gasteiger partial charge in [-0.2, -0.15) is 26.0 Å². The maximum atomic E-state index is 12.3. The largest absolute Gasteiger partial charge is 0.467 e. The summed E-state index contributed by atoms with van der Waals surface area (Å²) in [5.74, 6) is 0. The molecule has 0 saturated heterocycles. The van der Waals surface area contributed by atoms with Crippen LogP contribution in [-0.4, -0.2) is 31.4 Å². The Morgan fingerprint density at radius 1 is 1.25 bits per heavy atom. The van der Waals surface area contributed by atoms with Gasteiger partial charge in [-0.15, -0.1) is 0 Å². The van der Waals surface area contributed by atoms with Gasteiger partial charge in [0.05, 0.1) is 0 Å². The lowest BCUT2D eigenvalue weighted by Crippen LogP contribution is -2.49. The Bertz CT molecular complexity index is 256. The Morgan fingerprint density at radius 3 is 1.58 bits per heavy atom. The molecule has 0 aliphatic heterocycles. The molecule has 9 heteroatoms. The summed E-state index contributed by atoms with van der Waals surface area (Å²) in [5, 5.41) is -5.06. The van der Waals surface area contributed by atoms with Gasteiger partial charge in [-0.3, -0.25) is 4.55 Å². The molecule has 0 aliphatic carbocycles. The molecule has 0 aromatic rings. The molecule has 1 atom stereocenters. The third-order valence-corrected chi connectivity index (χ3v) is 1.99. The lowest BCUT2D eigenvalue weighted by molar-refractivity contribution is -0.283. The van der Waals surface area contributed by atoms with Gasteiger partial charge in [0.25, 0.3) is 0 Å². The van der Waals surface area contributed by atoms with Crippen molar-refractivity contribution in [3.05, 3.63) is 0 Å². The zero-order valence-corrected chi connectivity index (χ0v) is 6.41. The second kappa shape index (κ2) is 2.82. The summed E-state index contributed by atoms with van der Waals surface area (Å²) >= 11 is 0. The molecule has 0 spiro atoms. The van der Waals surface area contributed by atoms with Crippen molar-refractivity contribution in [2.45, 2.75) is 11.4 Å². The zero-order valence-electron chi connectivity index (χ0n) is 5.59. The highest BCUT2D eigenvalue weighted by Gasteiger charge is 2.67. The van der Waals surface area contributed by atoms with Crippen LogP contribution in [-0.2, 0) is 14.9 Å². The van der Waals surface area contributed by atoms with Gasteiger partial charge >= 0.3 is 21.5 Å². The Morgan fingerprint density at radius 2 is 1.58 bits per heavy atom. The summed E-state index contributed by atoms with van der Waals surface area (Å²) in [4.78, 5) is 0. The molecule has 4 nitrogen and oxygen atoms in total. The van der Waals surface area contributed by atoms with Crippen LogP contribution < -0.4 is 0 Å². The molecule has 0 radical (unpaired) electrons. The normalized spacial score (nSPS) is 18.8. The van der Waals surface area contributed by atoms with Gasteiger partial charge in [0.2, 0.25) is 0 Å². The molecule has 0 bridgehead atoms. The first kappa shape index (κ1) is 11.6. The van der Waals surface area contributed by atoms with Gasteiger partial charge in [-0.25, -0.2) is 0 Å². The lowest BCUT2D eigenvalue weighted by Gasteiger charge is -2.22. The highest BCUT2D eigenvalue weighted by molar-refractivity contribution is 7.87. The molecule has 0 amide bonds. The summed E-state index contributed by atoms with van der Waals surface area (Å²) in [7, 11) is -5.82. The fourth-order valence-electron chi connectivity index (χ4n) is 0.367. The first-order valence-electron chi connectivity index (χ1n) is 2.34. The molecule has 1 N–H and O–H groups in total. The number of halogens is 4. The summed E-state index contributed by atoms with van der Waals surface area (Å²) in [6, 6.07) is 0. The summed E-state index contributed by atoms with van der Waals surface area (Å²) in [6.07, 6.45) is -5.84. The minimum atomic E-state index is -5.99. The number of ether oxygens (including phenoxy) is 1. The fraction of sp³-hybridized carbons (Fsp3) is 1.00. The van der Waals surface area contributed by atoms with Crippen molar-refractivity contribution < 1.29 is 35.3 Å². The highest BCUT2D eigenvalue weighted by Crippen LogP contribution is 2.38. The van der Waals surface area contributed by atoms with Crippen molar-refractivity contribution in [3.63, 3.8) is 0 Å². The van der Waals surface area contributed by atoms with E-state index in [4.69, 9.17) is 4.55 Å². The van der Waals surface area contributed by atoms with Crippen LogP contribution in [0.2, 0.25) is 0 Å². The average Bonchev–Trinajstić information content (AvgIpc) is 1.81. The topological polar surface area (TPSA) is 63.6 Å². The zero-order chi connectivity index (χ0) is 10.2. The van der Waals surface area contributed by atoms with Crippen LogP contribution in [0.3, 0.4) is 0 Å². The van der Waals surface area contributed by atoms with Crippen LogP contribution in [0, 0.1) is 0 Å². The van der Waals surface area contributed by atoms with Crippen LogP contribution in [0.1, 0.15) is 0 Å². The van der Waals surface area contributed by atoms with Gasteiger partial charge in [0, 0.05) is 7.11 Å². The van der Waals surface area contributed by atoms with Gasteiger partial charge in [-0.05, 0) is 0 Å². The Labute approximate surface area is 64.9 Å². The van der Waals surface area contributed by atoms with E-state index < -0.39 is 21.5 Å². The van der Waals surface area contributed by atoms with Crippen molar-refractivity contribution in [1.82, 2.24) is 0 Å². The maximum Gasteiger partial charge on any atom is 0.467 e. The third-order valence-electron chi connectivity index (χ3n) is 0.933. The highest BCUT2D eigenvalue weighted by atomic mass is 32.2. The predicted molar refractivity (Wildman–Crippen MR) is 28.5 cm³/mol. The van der Waals surface area contributed by atoms with Crippen LogP contribution in [0.4, 0.5) is 17.6 Å². The van der Waals surface area contributed by atoms with Gasteiger partial charge in [-0.1, -0.05) is 0 Å². The second-order valence-electron chi connectivity index (χ2n) is 1.71. The lowest BCUT2D eigenvalue weighted by atomic mass is 10.6. The Balaban J connectivity index is 5.25. The molecule has 0 aliphatic rings. The minimum absolute atomic E-state index is 0.168. The molecule has 74 valence electrons. The SMILES string of the molecule is COC(F)(C(F)(F)F)S(=O)(=O)O. The van der Waals surface area contributed by atoms with Crippen LogP contribution in [0.5, 0.6) is 0 Å². The number of methoxy groups -OCH3 is 1. The molecule has 0 aromatic heterocycles. The maximum absolute atomic E-state index is 12.3. The molecule has 0 saturated carbocycles. The molecular formula is C3H4F4O4S. The van der Waals surface area contributed by atoms with Crippen molar-refractivity contribution in [1.29, 1.82) is 0 Å². The smallest absolute Gasteiger partial charge is 0.328 e. The van der Waals surface area contributed by atoms with Gasteiger partial charge < -0.3 is 4.74 Å². The molecule has 0 heterocycles. The van der Waals surface area contributed by atoms with E-state index in [1.807, 2.05) is 0 Å². The van der Waals surface area contributed by atoms with E-state index in [1.54, 1.807) is 0 Å². The number of rotatable bonds is 2. The van der Waals surface area contributed by atoms with Crippen molar-refractivity contribution in [2.24, 2.45) is 0 Å². The standard InChI is InChI=1S/C3H4F4O4S/c1-11-3(7,2(4,5)6)12(8,9)10/h1H3,(H,8,9,10). The summed E-state index contributed by atoms with van der Waals surface area (Å²) in [5.41, 5.74) is 0. The first-order chi connectivity index (χ1) is 5.06. The monoisotopic (exact) mass is 212 g/mol. The molecule has 1 unspecified atom stereocenters. The quantitative estimate of drug-likeness (QED) is 0.540. The van der Waals surface area contributed by atoms with Gasteiger partial charge in [0.15, 0.2) is 0 Å². The number of hydrogen-bond acceptors (Lipinski definition) is 3. The van der Waals surface area contributed by atoms with Crippen molar-refractivity contribution >= 4 is 10.1 Å². The summed E-state index contributed by atoms with van der Waals surface area (Å²) < 4.78 is 77.6. The Hall–Kier alpha value is -0.410. The Kier molecular flexibility index (Phi) is 2.72. The van der Waals surface area contributed by atoms with Crippen LogP contribution in [0.25, 0.3) is 0 Å². The third kappa shape index (κ3) is 1.67. The first-order valence-corrected chi connectivity index (χ1v) is 3.78. The molecular weight excluding hydrogens is 208 g/mol. The average molecular weight is 212 g/mol. The van der Waals surface area contributed by atoms with E-state index in [9.17, 15) is 26.0 Å². The molecule has 0 aromatic carbocycles. The van der Waals surface area contributed by atoms with Crippen LogP contribution >= 0.6 is 0 Å². The van der Waals surface area contributed by atoms with Crippen LogP contribution in [0.15, 0.2) is 0 Å². The second-order valence-corrected chi connectivity index (χ2v) is 3.19. The van der Waals surface area contributed by atoms with E-state index in [1.165, 1.54) is 0 Å². The molecule has 0 rings (SSSR count). The molecule has 12 heavy (non-hydrogen) atoms. The van der Waals surface area contributed by atoms with Crippen molar-refractivity contribution in [2.75, 3.05) is 7.11 Å². The van der Waals surface area contributed by atoms with Gasteiger partial charge in [0.1, 0.15) is 0 Å². The van der Waals surface area contributed by atoms with E-state index in [0.29, 0.717) is 0 Å². The molecule has 0 fully saturated rings. The predicted octanol–water partition coefficient (Wildman–Crippen LogP) is 0.706. The number of alkyl halides is 4. The van der Waals surface area contributed by atoms with E-state index in [2.05, 4.69) is 4.74 Å². The number of hydrogen-bond donors (Lipinski definition) is 1. The minimum Gasteiger partial charge on any atom is -0.328 e. The summed E-state index contributed by atoms with van der Waals surface area (Å²) in [6.45, 7) is 0. The van der Waals surface area contributed by atoms with E-state index in [0.717, 1.165) is 0 Å². The fourth-order valence-corrected chi connectivity index (χ4v) is 0.870.